The predicted octanol–water partition coefficient (Wildman–Crippen LogP) is 2.16. The van der Waals surface area contributed by atoms with E-state index < -0.39 is 11.4 Å². The van der Waals surface area contributed by atoms with Crippen molar-refractivity contribution in [3.63, 3.8) is 0 Å². The Morgan fingerprint density at radius 3 is 2.44 bits per heavy atom. The number of hydrogen-bond acceptors (Lipinski definition) is 2. The second-order valence-electron chi connectivity index (χ2n) is 4.37. The van der Waals surface area contributed by atoms with Crippen molar-refractivity contribution >= 4 is 5.97 Å². The van der Waals surface area contributed by atoms with Crippen LogP contribution in [-0.4, -0.2) is 17.1 Å². The molecule has 3 N–H and O–H groups in total. The molecule has 0 spiro atoms. The van der Waals surface area contributed by atoms with Crippen molar-refractivity contribution in [2.75, 3.05) is 0 Å². The molecule has 0 saturated heterocycles. The van der Waals surface area contributed by atoms with Gasteiger partial charge in [0.05, 0.1) is 6.42 Å². The highest BCUT2D eigenvalue weighted by Crippen LogP contribution is 2.31. The molecule has 0 fully saturated rings. The average Bonchev–Trinajstić information content (AvgIpc) is 2.28. The quantitative estimate of drug-likeness (QED) is 0.800. The van der Waals surface area contributed by atoms with Crippen LogP contribution in [-0.2, 0) is 10.2 Å². The molecule has 0 aromatic heterocycles. The van der Waals surface area contributed by atoms with E-state index in [1.807, 2.05) is 44.2 Å². The van der Waals surface area contributed by atoms with Gasteiger partial charge in [-0.25, -0.2) is 0 Å². The van der Waals surface area contributed by atoms with Crippen molar-refractivity contribution in [1.29, 1.82) is 0 Å². The number of hydrogen-bond donors (Lipinski definition) is 2. The standard InChI is InChI=1S/C13H19NO2/c1-3-11(14)13(2,9-12(15)16)10-7-5-4-6-8-10/h4-8,11H,3,9,14H2,1-2H3,(H,15,16). The van der Waals surface area contributed by atoms with E-state index in [9.17, 15) is 4.79 Å². The van der Waals surface area contributed by atoms with Crippen LogP contribution in [0.5, 0.6) is 0 Å². The zero-order valence-corrected chi connectivity index (χ0v) is 9.81. The minimum Gasteiger partial charge on any atom is -0.481 e. The lowest BCUT2D eigenvalue weighted by atomic mass is 9.73. The Kier molecular flexibility index (Phi) is 4.07. The monoisotopic (exact) mass is 221 g/mol. The van der Waals surface area contributed by atoms with E-state index in [1.54, 1.807) is 0 Å². The molecule has 0 heterocycles. The Morgan fingerprint density at radius 1 is 1.44 bits per heavy atom. The molecule has 1 aromatic carbocycles. The summed E-state index contributed by atoms with van der Waals surface area (Å²) in [6, 6.07) is 9.49. The number of nitrogens with two attached hydrogens (primary N) is 1. The summed E-state index contributed by atoms with van der Waals surface area (Å²) in [5, 5.41) is 9.00. The fourth-order valence-electron chi connectivity index (χ4n) is 2.03. The van der Waals surface area contributed by atoms with Gasteiger partial charge in [-0.15, -0.1) is 0 Å². The molecule has 1 aromatic rings. The van der Waals surface area contributed by atoms with Crippen LogP contribution in [0.25, 0.3) is 0 Å². The first-order valence-corrected chi connectivity index (χ1v) is 5.53. The van der Waals surface area contributed by atoms with Gasteiger partial charge < -0.3 is 10.8 Å². The van der Waals surface area contributed by atoms with Gasteiger partial charge in [-0.05, 0) is 12.0 Å². The number of benzene rings is 1. The first-order chi connectivity index (χ1) is 7.50. The Hall–Kier alpha value is -1.35. The van der Waals surface area contributed by atoms with Crippen molar-refractivity contribution in [3.05, 3.63) is 35.9 Å². The van der Waals surface area contributed by atoms with E-state index in [4.69, 9.17) is 10.8 Å². The number of rotatable bonds is 5. The summed E-state index contributed by atoms with van der Waals surface area (Å²) >= 11 is 0. The topological polar surface area (TPSA) is 63.3 Å². The zero-order chi connectivity index (χ0) is 12.2. The molecule has 3 heteroatoms. The lowest BCUT2D eigenvalue weighted by Gasteiger charge is -2.34. The maximum Gasteiger partial charge on any atom is 0.304 e. The fourth-order valence-corrected chi connectivity index (χ4v) is 2.03. The largest absolute Gasteiger partial charge is 0.481 e. The molecule has 0 saturated carbocycles. The van der Waals surface area contributed by atoms with Gasteiger partial charge in [-0.1, -0.05) is 44.2 Å². The molecule has 0 radical (unpaired) electrons. The van der Waals surface area contributed by atoms with Crippen LogP contribution in [0.3, 0.4) is 0 Å². The molecular weight excluding hydrogens is 202 g/mol. The minimum absolute atomic E-state index is 0.0615. The second-order valence-corrected chi connectivity index (χ2v) is 4.37. The van der Waals surface area contributed by atoms with Gasteiger partial charge >= 0.3 is 5.97 Å². The molecule has 0 bridgehead atoms. The van der Waals surface area contributed by atoms with Crippen molar-refractivity contribution in [2.45, 2.75) is 38.1 Å². The van der Waals surface area contributed by atoms with Gasteiger partial charge in [0.25, 0.3) is 0 Å². The lowest BCUT2D eigenvalue weighted by molar-refractivity contribution is -0.138. The molecule has 2 unspecified atom stereocenters. The van der Waals surface area contributed by atoms with Crippen molar-refractivity contribution in [3.8, 4) is 0 Å². The average molecular weight is 221 g/mol. The first-order valence-electron chi connectivity index (χ1n) is 5.53. The Morgan fingerprint density at radius 2 is 2.00 bits per heavy atom. The molecule has 3 nitrogen and oxygen atoms in total. The molecular formula is C13H19NO2. The molecule has 2 atom stereocenters. The highest BCUT2D eigenvalue weighted by atomic mass is 16.4. The van der Waals surface area contributed by atoms with Gasteiger partial charge in [-0.2, -0.15) is 0 Å². The highest BCUT2D eigenvalue weighted by Gasteiger charge is 2.34. The van der Waals surface area contributed by atoms with E-state index in [2.05, 4.69) is 0 Å². The maximum atomic E-state index is 11.0. The van der Waals surface area contributed by atoms with Crippen LogP contribution in [0.4, 0.5) is 0 Å². The molecule has 0 aliphatic rings. The Bertz CT molecular complexity index is 350. The zero-order valence-electron chi connectivity index (χ0n) is 9.81. The number of carboxylic acids is 1. The summed E-state index contributed by atoms with van der Waals surface area (Å²) in [4.78, 5) is 11.0. The third-order valence-corrected chi connectivity index (χ3v) is 3.21. The summed E-state index contributed by atoms with van der Waals surface area (Å²) in [5.74, 6) is -0.810. The van der Waals surface area contributed by atoms with Crippen LogP contribution in [0.2, 0.25) is 0 Å². The van der Waals surface area contributed by atoms with Crippen LogP contribution in [0.1, 0.15) is 32.3 Å². The van der Waals surface area contributed by atoms with E-state index >= 15 is 0 Å². The van der Waals surface area contributed by atoms with E-state index in [-0.39, 0.29) is 12.5 Å². The van der Waals surface area contributed by atoms with E-state index in [0.29, 0.717) is 0 Å². The van der Waals surface area contributed by atoms with Crippen LogP contribution in [0, 0.1) is 0 Å². The summed E-state index contributed by atoms with van der Waals surface area (Å²) in [6.45, 7) is 3.90. The number of aliphatic carboxylic acids is 1. The molecule has 0 aliphatic carbocycles. The van der Waals surface area contributed by atoms with Gasteiger partial charge in [0.15, 0.2) is 0 Å². The van der Waals surface area contributed by atoms with E-state index in [1.165, 1.54) is 0 Å². The molecule has 0 aliphatic heterocycles. The molecule has 0 amide bonds. The summed E-state index contributed by atoms with van der Waals surface area (Å²) in [7, 11) is 0. The predicted molar refractivity (Wildman–Crippen MR) is 64.3 cm³/mol. The van der Waals surface area contributed by atoms with Crippen LogP contribution in [0.15, 0.2) is 30.3 Å². The van der Waals surface area contributed by atoms with Gasteiger partial charge in [0, 0.05) is 11.5 Å². The number of carbonyl (C=O) groups is 1. The van der Waals surface area contributed by atoms with E-state index in [0.717, 1.165) is 12.0 Å². The van der Waals surface area contributed by atoms with Crippen molar-refractivity contribution < 1.29 is 9.90 Å². The van der Waals surface area contributed by atoms with Gasteiger partial charge in [0.1, 0.15) is 0 Å². The Labute approximate surface area is 96.3 Å². The normalized spacial score (nSPS) is 16.4. The van der Waals surface area contributed by atoms with Crippen LogP contribution >= 0.6 is 0 Å². The summed E-state index contributed by atoms with van der Waals surface area (Å²) in [6.07, 6.45) is 0.824. The van der Waals surface area contributed by atoms with Gasteiger partial charge in [-0.3, -0.25) is 4.79 Å². The Balaban J connectivity index is 3.09. The van der Waals surface area contributed by atoms with Gasteiger partial charge in [0.2, 0.25) is 0 Å². The lowest BCUT2D eigenvalue weighted by Crippen LogP contribution is -2.44. The molecule has 1 rings (SSSR count). The number of carboxylic acid groups (broad SMARTS) is 1. The summed E-state index contributed by atoms with van der Waals surface area (Å²) in [5.41, 5.74) is 6.56. The van der Waals surface area contributed by atoms with Crippen LogP contribution < -0.4 is 5.73 Å². The SMILES string of the molecule is CCC(N)C(C)(CC(=O)O)c1ccccc1. The maximum absolute atomic E-state index is 11.0. The second kappa shape index (κ2) is 5.12. The first kappa shape index (κ1) is 12.7. The summed E-state index contributed by atoms with van der Waals surface area (Å²) < 4.78 is 0. The fraction of sp³-hybridized carbons (Fsp3) is 0.462. The molecule has 16 heavy (non-hydrogen) atoms. The third kappa shape index (κ3) is 2.61. The third-order valence-electron chi connectivity index (χ3n) is 3.21. The highest BCUT2D eigenvalue weighted by molar-refractivity contribution is 5.69. The van der Waals surface area contributed by atoms with Crippen molar-refractivity contribution in [2.24, 2.45) is 5.73 Å². The smallest absolute Gasteiger partial charge is 0.304 e. The molecule has 88 valence electrons. The van der Waals surface area contributed by atoms with Crippen molar-refractivity contribution in [1.82, 2.24) is 0 Å². The minimum atomic E-state index is -0.810.